The summed E-state index contributed by atoms with van der Waals surface area (Å²) >= 11 is 0. The lowest BCUT2D eigenvalue weighted by molar-refractivity contribution is 0.295. The highest BCUT2D eigenvalue weighted by Gasteiger charge is 2.20. The summed E-state index contributed by atoms with van der Waals surface area (Å²) in [5.74, 6) is 0.993. The minimum atomic E-state index is 0.832. The number of hydrogen-bond acceptors (Lipinski definition) is 2. The normalized spacial score (nSPS) is 32.1. The zero-order valence-corrected chi connectivity index (χ0v) is 10.9. The van der Waals surface area contributed by atoms with E-state index in [0.717, 1.165) is 12.0 Å². The molecule has 2 heteroatoms. The third-order valence-corrected chi connectivity index (χ3v) is 4.39. The van der Waals surface area contributed by atoms with Gasteiger partial charge in [0, 0.05) is 12.6 Å². The molecule has 2 nitrogen and oxygen atoms in total. The van der Waals surface area contributed by atoms with Gasteiger partial charge in [-0.05, 0) is 57.7 Å². The van der Waals surface area contributed by atoms with Gasteiger partial charge >= 0.3 is 0 Å². The predicted octanol–water partition coefficient (Wildman–Crippen LogP) is 2.64. The smallest absolute Gasteiger partial charge is 0.00675 e. The van der Waals surface area contributed by atoms with Crippen LogP contribution in [0.2, 0.25) is 0 Å². The minimum absolute atomic E-state index is 0.832. The Hall–Kier alpha value is -0.0800. The van der Waals surface area contributed by atoms with Gasteiger partial charge in [0.25, 0.3) is 0 Å². The second-order valence-electron chi connectivity index (χ2n) is 5.65. The van der Waals surface area contributed by atoms with E-state index in [0.29, 0.717) is 0 Å². The molecule has 0 aromatic rings. The van der Waals surface area contributed by atoms with Gasteiger partial charge in [-0.3, -0.25) is 0 Å². The lowest BCUT2D eigenvalue weighted by atomic mass is 10.0. The van der Waals surface area contributed by atoms with E-state index in [1.807, 2.05) is 0 Å². The zero-order valence-electron chi connectivity index (χ0n) is 10.9. The van der Waals surface area contributed by atoms with Crippen molar-refractivity contribution in [3.05, 3.63) is 0 Å². The first-order valence-corrected chi connectivity index (χ1v) is 7.34. The molecule has 2 aliphatic heterocycles. The van der Waals surface area contributed by atoms with Crippen LogP contribution in [0.5, 0.6) is 0 Å². The highest BCUT2D eigenvalue weighted by molar-refractivity contribution is 4.76. The van der Waals surface area contributed by atoms with Crippen LogP contribution in [0.3, 0.4) is 0 Å². The average Bonchev–Trinajstić information content (AvgIpc) is 2.78. The second-order valence-corrected chi connectivity index (χ2v) is 5.65. The summed E-state index contributed by atoms with van der Waals surface area (Å²) in [4.78, 5) is 2.68. The molecule has 0 aromatic carbocycles. The lowest BCUT2D eigenvalue weighted by Crippen LogP contribution is -2.34. The van der Waals surface area contributed by atoms with Crippen molar-refractivity contribution >= 4 is 0 Å². The van der Waals surface area contributed by atoms with E-state index in [1.54, 1.807) is 0 Å². The summed E-state index contributed by atoms with van der Waals surface area (Å²) in [7, 11) is 0. The topological polar surface area (TPSA) is 15.3 Å². The van der Waals surface area contributed by atoms with Crippen LogP contribution >= 0.6 is 0 Å². The summed E-state index contributed by atoms with van der Waals surface area (Å²) in [6.07, 6.45) is 9.86. The Kier molecular flexibility index (Phi) is 5.11. The molecule has 0 saturated carbocycles. The van der Waals surface area contributed by atoms with E-state index in [-0.39, 0.29) is 0 Å². The maximum Gasteiger partial charge on any atom is 0.00675 e. The SMILES string of the molecule is CCC1CCN(CCCC2CCCCN2)C1. The maximum atomic E-state index is 3.65. The first-order chi connectivity index (χ1) is 7.88. The van der Waals surface area contributed by atoms with Gasteiger partial charge in [0.15, 0.2) is 0 Å². The van der Waals surface area contributed by atoms with Crippen molar-refractivity contribution in [3.8, 4) is 0 Å². The van der Waals surface area contributed by atoms with Crippen LogP contribution in [0.4, 0.5) is 0 Å². The Morgan fingerprint density at radius 2 is 2.19 bits per heavy atom. The fourth-order valence-electron chi connectivity index (χ4n) is 3.18. The van der Waals surface area contributed by atoms with Crippen molar-refractivity contribution in [1.82, 2.24) is 10.2 Å². The number of hydrogen-bond donors (Lipinski definition) is 1. The highest BCUT2D eigenvalue weighted by atomic mass is 15.1. The molecule has 0 radical (unpaired) electrons. The molecule has 2 fully saturated rings. The van der Waals surface area contributed by atoms with Crippen LogP contribution < -0.4 is 5.32 Å². The molecule has 0 amide bonds. The molecule has 0 aliphatic carbocycles. The van der Waals surface area contributed by atoms with Crippen molar-refractivity contribution < 1.29 is 0 Å². The van der Waals surface area contributed by atoms with Gasteiger partial charge < -0.3 is 10.2 Å². The van der Waals surface area contributed by atoms with E-state index in [9.17, 15) is 0 Å². The second kappa shape index (κ2) is 6.61. The molecule has 0 aromatic heterocycles. The quantitative estimate of drug-likeness (QED) is 0.772. The summed E-state index contributed by atoms with van der Waals surface area (Å²) in [5, 5.41) is 3.65. The largest absolute Gasteiger partial charge is 0.314 e. The summed E-state index contributed by atoms with van der Waals surface area (Å²) in [5.41, 5.74) is 0. The molecule has 2 aliphatic rings. The van der Waals surface area contributed by atoms with Crippen molar-refractivity contribution in [2.75, 3.05) is 26.2 Å². The Morgan fingerprint density at radius 1 is 1.25 bits per heavy atom. The van der Waals surface area contributed by atoms with Crippen molar-refractivity contribution in [1.29, 1.82) is 0 Å². The number of nitrogens with one attached hydrogen (secondary N) is 1. The first kappa shape index (κ1) is 12.4. The summed E-state index contributed by atoms with van der Waals surface area (Å²) in [6, 6.07) is 0.832. The van der Waals surface area contributed by atoms with Gasteiger partial charge in [0.2, 0.25) is 0 Å². The molecular weight excluding hydrogens is 196 g/mol. The van der Waals surface area contributed by atoms with Gasteiger partial charge in [0.05, 0.1) is 0 Å². The molecule has 0 bridgehead atoms. The van der Waals surface area contributed by atoms with Crippen LogP contribution in [0.1, 0.15) is 51.9 Å². The number of rotatable bonds is 5. The number of likely N-dealkylation sites (tertiary alicyclic amines) is 1. The van der Waals surface area contributed by atoms with Crippen molar-refractivity contribution in [2.45, 2.75) is 57.9 Å². The Bertz CT molecular complexity index is 187. The van der Waals surface area contributed by atoms with Crippen molar-refractivity contribution in [3.63, 3.8) is 0 Å². The van der Waals surface area contributed by atoms with Crippen LogP contribution in [0.25, 0.3) is 0 Å². The summed E-state index contributed by atoms with van der Waals surface area (Å²) in [6.45, 7) is 7.66. The third kappa shape index (κ3) is 3.74. The first-order valence-electron chi connectivity index (χ1n) is 7.34. The van der Waals surface area contributed by atoms with Crippen LogP contribution in [-0.2, 0) is 0 Å². The molecule has 16 heavy (non-hydrogen) atoms. The fraction of sp³-hybridized carbons (Fsp3) is 1.00. The Morgan fingerprint density at radius 3 is 2.88 bits per heavy atom. The molecule has 2 saturated heterocycles. The van der Waals surface area contributed by atoms with Crippen LogP contribution in [0, 0.1) is 5.92 Å². The van der Waals surface area contributed by atoms with Gasteiger partial charge in [-0.1, -0.05) is 19.8 Å². The van der Waals surface area contributed by atoms with Gasteiger partial charge in [-0.2, -0.15) is 0 Å². The van der Waals surface area contributed by atoms with Crippen molar-refractivity contribution in [2.24, 2.45) is 5.92 Å². The molecule has 1 N–H and O–H groups in total. The molecular formula is C14H28N2. The van der Waals surface area contributed by atoms with E-state index < -0.39 is 0 Å². The van der Waals surface area contributed by atoms with E-state index >= 15 is 0 Å². The minimum Gasteiger partial charge on any atom is -0.314 e. The van der Waals surface area contributed by atoms with Crippen LogP contribution in [0.15, 0.2) is 0 Å². The predicted molar refractivity (Wildman–Crippen MR) is 69.7 cm³/mol. The van der Waals surface area contributed by atoms with Gasteiger partial charge in [0.1, 0.15) is 0 Å². The lowest BCUT2D eigenvalue weighted by Gasteiger charge is -2.24. The molecule has 2 atom stereocenters. The Balaban J connectivity index is 1.54. The highest BCUT2D eigenvalue weighted by Crippen LogP contribution is 2.20. The number of nitrogens with zero attached hydrogens (tertiary/aromatic N) is 1. The van der Waals surface area contributed by atoms with E-state index in [1.165, 1.54) is 71.1 Å². The van der Waals surface area contributed by atoms with E-state index in [4.69, 9.17) is 0 Å². The summed E-state index contributed by atoms with van der Waals surface area (Å²) < 4.78 is 0. The Labute approximate surface area is 101 Å². The zero-order chi connectivity index (χ0) is 11.2. The number of piperidine rings is 1. The molecule has 0 spiro atoms. The van der Waals surface area contributed by atoms with Crippen LogP contribution in [-0.4, -0.2) is 37.1 Å². The standard InChI is InChI=1S/C14H28N2/c1-2-13-8-11-16(12-13)10-5-7-14-6-3-4-9-15-14/h13-15H,2-12H2,1H3. The van der Waals surface area contributed by atoms with Gasteiger partial charge in [-0.25, -0.2) is 0 Å². The van der Waals surface area contributed by atoms with Gasteiger partial charge in [-0.15, -0.1) is 0 Å². The maximum absolute atomic E-state index is 3.65. The third-order valence-electron chi connectivity index (χ3n) is 4.39. The molecule has 94 valence electrons. The molecule has 2 unspecified atom stereocenters. The molecule has 2 rings (SSSR count). The average molecular weight is 224 g/mol. The fourth-order valence-corrected chi connectivity index (χ4v) is 3.18. The molecule has 2 heterocycles. The monoisotopic (exact) mass is 224 g/mol. The van der Waals surface area contributed by atoms with E-state index in [2.05, 4.69) is 17.1 Å².